The second kappa shape index (κ2) is 8.59. The van der Waals surface area contributed by atoms with Crippen LogP contribution in [-0.2, 0) is 11.2 Å². The SMILES string of the molecule is Cc1ccc(S[C@H](Cc2ccccc2Oc2ccccc2)C(=O)O)cc1. The molecule has 0 aromatic heterocycles. The quantitative estimate of drug-likeness (QED) is 0.556. The van der Waals surface area contributed by atoms with Gasteiger partial charge < -0.3 is 9.84 Å². The van der Waals surface area contributed by atoms with Crippen LogP contribution in [0, 0.1) is 6.92 Å². The highest BCUT2D eigenvalue weighted by molar-refractivity contribution is 8.00. The van der Waals surface area contributed by atoms with Gasteiger partial charge in [0.25, 0.3) is 0 Å². The molecule has 26 heavy (non-hydrogen) atoms. The standard InChI is InChI=1S/C22H20O3S/c1-16-11-13-19(14-12-16)26-21(22(23)24)15-17-7-5-6-10-20(17)25-18-8-3-2-4-9-18/h2-14,21H,15H2,1H3,(H,23,24)/t21-/m1/s1. The van der Waals surface area contributed by atoms with Gasteiger partial charge in [-0.25, -0.2) is 0 Å². The summed E-state index contributed by atoms with van der Waals surface area (Å²) in [5.74, 6) is 0.595. The Balaban J connectivity index is 1.79. The minimum atomic E-state index is -0.829. The summed E-state index contributed by atoms with van der Waals surface area (Å²) >= 11 is 1.36. The van der Waals surface area contributed by atoms with Gasteiger partial charge in [0.1, 0.15) is 16.7 Å². The molecule has 0 aliphatic heterocycles. The summed E-state index contributed by atoms with van der Waals surface area (Å²) < 4.78 is 5.95. The molecule has 1 N–H and O–H groups in total. The van der Waals surface area contributed by atoms with Crippen molar-refractivity contribution >= 4 is 17.7 Å². The average molecular weight is 364 g/mol. The first kappa shape index (κ1) is 18.1. The lowest BCUT2D eigenvalue weighted by Gasteiger charge is -2.15. The van der Waals surface area contributed by atoms with Crippen molar-refractivity contribution in [1.29, 1.82) is 0 Å². The van der Waals surface area contributed by atoms with Gasteiger partial charge in [0, 0.05) is 4.90 Å². The van der Waals surface area contributed by atoms with Crippen LogP contribution in [0.1, 0.15) is 11.1 Å². The third kappa shape index (κ3) is 4.90. The first-order valence-electron chi connectivity index (χ1n) is 8.39. The van der Waals surface area contributed by atoms with E-state index < -0.39 is 11.2 Å². The molecule has 132 valence electrons. The van der Waals surface area contributed by atoms with Crippen LogP contribution >= 0.6 is 11.8 Å². The van der Waals surface area contributed by atoms with Gasteiger partial charge in [0.15, 0.2) is 0 Å². The fourth-order valence-electron chi connectivity index (χ4n) is 2.55. The molecule has 3 nitrogen and oxygen atoms in total. The third-order valence-corrected chi connectivity index (χ3v) is 5.12. The largest absolute Gasteiger partial charge is 0.480 e. The maximum atomic E-state index is 11.8. The number of aryl methyl sites for hydroxylation is 1. The van der Waals surface area contributed by atoms with E-state index in [0.29, 0.717) is 12.2 Å². The van der Waals surface area contributed by atoms with Crippen LogP contribution in [0.15, 0.2) is 83.8 Å². The highest BCUT2D eigenvalue weighted by atomic mass is 32.2. The molecule has 0 heterocycles. The Morgan fingerprint density at radius 2 is 1.62 bits per heavy atom. The Bertz CT molecular complexity index is 860. The summed E-state index contributed by atoms with van der Waals surface area (Å²) in [5, 5.41) is 9.08. The van der Waals surface area contributed by atoms with Gasteiger partial charge in [-0.1, -0.05) is 54.1 Å². The van der Waals surface area contributed by atoms with Gasteiger partial charge in [-0.05, 0) is 49.2 Å². The fraction of sp³-hybridized carbons (Fsp3) is 0.136. The van der Waals surface area contributed by atoms with Gasteiger partial charge in [-0.2, -0.15) is 0 Å². The van der Waals surface area contributed by atoms with E-state index in [1.54, 1.807) is 0 Å². The van der Waals surface area contributed by atoms with E-state index in [2.05, 4.69) is 0 Å². The molecule has 0 aliphatic carbocycles. The van der Waals surface area contributed by atoms with Crippen LogP contribution < -0.4 is 4.74 Å². The normalized spacial score (nSPS) is 11.7. The predicted octanol–water partition coefficient (Wildman–Crippen LogP) is 5.58. The van der Waals surface area contributed by atoms with E-state index in [1.807, 2.05) is 85.8 Å². The zero-order valence-electron chi connectivity index (χ0n) is 14.5. The summed E-state index contributed by atoms with van der Waals surface area (Å²) in [6, 6.07) is 25.0. The highest BCUT2D eigenvalue weighted by Crippen LogP contribution is 2.31. The molecule has 0 fully saturated rings. The Morgan fingerprint density at radius 3 is 2.31 bits per heavy atom. The van der Waals surface area contributed by atoms with Crippen LogP contribution in [0.2, 0.25) is 0 Å². The van der Waals surface area contributed by atoms with Crippen molar-refractivity contribution in [2.45, 2.75) is 23.5 Å². The minimum absolute atomic E-state index is 0.386. The maximum Gasteiger partial charge on any atom is 0.317 e. The third-order valence-electron chi connectivity index (χ3n) is 3.92. The van der Waals surface area contributed by atoms with Gasteiger partial charge in [-0.15, -0.1) is 11.8 Å². The van der Waals surface area contributed by atoms with E-state index >= 15 is 0 Å². The molecule has 4 heteroatoms. The Morgan fingerprint density at radius 1 is 0.962 bits per heavy atom. The molecule has 0 aliphatic rings. The van der Waals surface area contributed by atoms with E-state index in [-0.39, 0.29) is 0 Å². The number of hydrogen-bond acceptors (Lipinski definition) is 3. The fourth-order valence-corrected chi connectivity index (χ4v) is 3.53. The van der Waals surface area contributed by atoms with Crippen LogP contribution in [0.5, 0.6) is 11.5 Å². The summed E-state index contributed by atoms with van der Waals surface area (Å²) in [5.41, 5.74) is 2.03. The Kier molecular flexibility index (Phi) is 5.97. The van der Waals surface area contributed by atoms with Gasteiger partial charge >= 0.3 is 5.97 Å². The second-order valence-electron chi connectivity index (χ2n) is 5.98. The number of carboxylic acid groups (broad SMARTS) is 1. The number of ether oxygens (including phenoxy) is 1. The Labute approximate surface area is 157 Å². The second-order valence-corrected chi connectivity index (χ2v) is 7.26. The van der Waals surface area contributed by atoms with Gasteiger partial charge in [0.05, 0.1) is 0 Å². The molecule has 0 radical (unpaired) electrons. The predicted molar refractivity (Wildman–Crippen MR) is 105 cm³/mol. The highest BCUT2D eigenvalue weighted by Gasteiger charge is 2.21. The minimum Gasteiger partial charge on any atom is -0.480 e. The molecular weight excluding hydrogens is 344 g/mol. The molecule has 0 bridgehead atoms. The number of para-hydroxylation sites is 2. The molecular formula is C22H20O3S. The van der Waals surface area contributed by atoms with Crippen LogP contribution in [-0.4, -0.2) is 16.3 Å². The van der Waals surface area contributed by atoms with Crippen LogP contribution in [0.3, 0.4) is 0 Å². The monoisotopic (exact) mass is 364 g/mol. The van der Waals surface area contributed by atoms with Crippen molar-refractivity contribution < 1.29 is 14.6 Å². The lowest BCUT2D eigenvalue weighted by atomic mass is 10.1. The van der Waals surface area contributed by atoms with Crippen LogP contribution in [0.25, 0.3) is 0 Å². The van der Waals surface area contributed by atoms with Gasteiger partial charge in [0.2, 0.25) is 0 Å². The summed E-state index contributed by atoms with van der Waals surface area (Å²) in [6.45, 7) is 2.01. The van der Waals surface area contributed by atoms with Crippen molar-refractivity contribution in [2.75, 3.05) is 0 Å². The van der Waals surface area contributed by atoms with Gasteiger partial charge in [-0.3, -0.25) is 4.79 Å². The molecule has 0 spiro atoms. The van der Waals surface area contributed by atoms with E-state index in [4.69, 9.17) is 4.74 Å². The molecule has 0 amide bonds. The average Bonchev–Trinajstić information content (AvgIpc) is 2.65. The maximum absolute atomic E-state index is 11.8. The number of carbonyl (C=O) groups is 1. The summed E-state index contributed by atoms with van der Waals surface area (Å²) in [7, 11) is 0. The molecule has 1 atom stereocenters. The summed E-state index contributed by atoms with van der Waals surface area (Å²) in [6.07, 6.45) is 0.386. The lowest BCUT2D eigenvalue weighted by molar-refractivity contribution is -0.136. The van der Waals surface area contributed by atoms with Crippen molar-refractivity contribution in [3.05, 3.63) is 90.0 Å². The van der Waals surface area contributed by atoms with Crippen LogP contribution in [0.4, 0.5) is 0 Å². The molecule has 3 rings (SSSR count). The Hall–Kier alpha value is -2.72. The first-order valence-corrected chi connectivity index (χ1v) is 9.27. The molecule has 3 aromatic carbocycles. The van der Waals surface area contributed by atoms with Crippen molar-refractivity contribution in [1.82, 2.24) is 0 Å². The lowest BCUT2D eigenvalue weighted by Crippen LogP contribution is -2.19. The molecule has 0 unspecified atom stereocenters. The first-order chi connectivity index (χ1) is 12.6. The summed E-state index contributed by atoms with van der Waals surface area (Å²) in [4.78, 5) is 12.7. The van der Waals surface area contributed by atoms with E-state index in [0.717, 1.165) is 21.8 Å². The number of carboxylic acids is 1. The van der Waals surface area contributed by atoms with Crippen molar-refractivity contribution in [3.63, 3.8) is 0 Å². The molecule has 0 saturated carbocycles. The number of rotatable bonds is 7. The van der Waals surface area contributed by atoms with E-state index in [9.17, 15) is 9.90 Å². The zero-order chi connectivity index (χ0) is 18.4. The zero-order valence-corrected chi connectivity index (χ0v) is 15.3. The number of hydrogen-bond donors (Lipinski definition) is 1. The molecule has 0 saturated heterocycles. The number of thioether (sulfide) groups is 1. The topological polar surface area (TPSA) is 46.5 Å². The van der Waals surface area contributed by atoms with Crippen molar-refractivity contribution in [2.24, 2.45) is 0 Å². The molecule has 3 aromatic rings. The smallest absolute Gasteiger partial charge is 0.317 e. The number of aliphatic carboxylic acids is 1. The number of benzene rings is 3. The van der Waals surface area contributed by atoms with E-state index in [1.165, 1.54) is 11.8 Å². The van der Waals surface area contributed by atoms with Crippen molar-refractivity contribution in [3.8, 4) is 11.5 Å².